The number of benzene rings is 10. The number of hydrogen-bond acceptors (Lipinski definition) is 1. The number of rotatable bonds is 6. The Labute approximate surface area is 336 Å². The molecule has 0 saturated carbocycles. The molecule has 0 atom stereocenters. The molecule has 0 nitrogen and oxygen atoms in total. The van der Waals surface area contributed by atoms with E-state index in [1.165, 1.54) is 108 Å². The van der Waals surface area contributed by atoms with Gasteiger partial charge < -0.3 is 0 Å². The van der Waals surface area contributed by atoms with E-state index in [1.807, 2.05) is 11.3 Å². The zero-order chi connectivity index (χ0) is 37.7. The van der Waals surface area contributed by atoms with Gasteiger partial charge in [0.1, 0.15) is 0 Å². The van der Waals surface area contributed by atoms with Crippen LogP contribution in [0.4, 0.5) is 0 Å². The van der Waals surface area contributed by atoms with E-state index in [0.29, 0.717) is 0 Å². The maximum atomic E-state index is 2.39. The highest BCUT2D eigenvalue weighted by atomic mass is 32.1. The summed E-state index contributed by atoms with van der Waals surface area (Å²) in [5.41, 5.74) is 13.7. The zero-order valence-electron chi connectivity index (χ0n) is 31.2. The van der Waals surface area contributed by atoms with Gasteiger partial charge in [-0.15, -0.1) is 11.3 Å². The number of thiophene rings is 1. The fraction of sp³-hybridized carbons (Fsp3) is 0. The van der Waals surface area contributed by atoms with Crippen molar-refractivity contribution in [3.05, 3.63) is 218 Å². The number of hydrogen-bond donors (Lipinski definition) is 0. The summed E-state index contributed by atoms with van der Waals surface area (Å²) >= 11 is 1.88. The van der Waals surface area contributed by atoms with Gasteiger partial charge in [0.2, 0.25) is 0 Å². The maximum absolute atomic E-state index is 2.39. The van der Waals surface area contributed by atoms with Crippen LogP contribution in [0.3, 0.4) is 0 Å². The average molecular weight is 741 g/mol. The predicted octanol–water partition coefficient (Wildman–Crippen LogP) is 16.4. The molecule has 10 aromatic carbocycles. The fourth-order valence-electron chi connectivity index (χ4n) is 8.88. The summed E-state index contributed by atoms with van der Waals surface area (Å²) in [6.45, 7) is 0. The molecule has 0 aliphatic heterocycles. The molecule has 0 bridgehead atoms. The van der Waals surface area contributed by atoms with Crippen molar-refractivity contribution in [2.24, 2.45) is 0 Å². The van der Waals surface area contributed by atoms with Crippen molar-refractivity contribution in [3.8, 4) is 66.1 Å². The standard InChI is InChI=1S/C56H36S/c1-3-17-38(18-4-1)55-51-33-32-41(36-52(51)57-56(55)39-19-5-2-6-20-39)40-22-13-24-43(34-40)53-47-27-9-11-29-49(47)54(50-30-12-10-28-48(50)53)44-25-14-23-42(35-44)46-31-15-21-37-16-7-8-26-45(37)46/h1-36H. The van der Waals surface area contributed by atoms with Gasteiger partial charge in [-0.1, -0.05) is 200 Å². The predicted molar refractivity (Wildman–Crippen MR) is 247 cm³/mol. The molecule has 0 saturated heterocycles. The van der Waals surface area contributed by atoms with Crippen LogP contribution in [0.2, 0.25) is 0 Å². The van der Waals surface area contributed by atoms with E-state index < -0.39 is 0 Å². The lowest BCUT2D eigenvalue weighted by atomic mass is 9.85. The van der Waals surface area contributed by atoms with Crippen molar-refractivity contribution in [2.45, 2.75) is 0 Å². The Balaban J connectivity index is 1.07. The number of fused-ring (bicyclic) bond motifs is 4. The Morgan fingerprint density at radius 1 is 0.246 bits per heavy atom. The van der Waals surface area contributed by atoms with Crippen molar-refractivity contribution in [1.29, 1.82) is 0 Å². The second-order valence-corrected chi connectivity index (χ2v) is 15.8. The van der Waals surface area contributed by atoms with Crippen molar-refractivity contribution in [1.82, 2.24) is 0 Å². The van der Waals surface area contributed by atoms with Gasteiger partial charge in [-0.25, -0.2) is 0 Å². The molecule has 0 aliphatic carbocycles. The third-order valence-corrected chi connectivity index (χ3v) is 12.7. The summed E-state index contributed by atoms with van der Waals surface area (Å²) in [5.74, 6) is 0. The van der Waals surface area contributed by atoms with Gasteiger partial charge in [0.25, 0.3) is 0 Å². The molecule has 0 N–H and O–H groups in total. The molecule has 1 heterocycles. The Bertz CT molecular complexity index is 3220. The topological polar surface area (TPSA) is 0 Å². The molecule has 0 aliphatic rings. The van der Waals surface area contributed by atoms with Gasteiger partial charge in [0, 0.05) is 20.5 Å². The second kappa shape index (κ2) is 13.9. The lowest BCUT2D eigenvalue weighted by Crippen LogP contribution is -1.91. The third kappa shape index (κ3) is 5.75. The van der Waals surface area contributed by atoms with E-state index in [4.69, 9.17) is 0 Å². The highest BCUT2D eigenvalue weighted by molar-refractivity contribution is 7.23. The van der Waals surface area contributed by atoms with Crippen molar-refractivity contribution in [3.63, 3.8) is 0 Å². The van der Waals surface area contributed by atoms with Crippen molar-refractivity contribution < 1.29 is 0 Å². The molecule has 1 aromatic heterocycles. The largest absolute Gasteiger partial charge is 0.135 e. The van der Waals surface area contributed by atoms with Crippen LogP contribution in [0.25, 0.3) is 108 Å². The monoisotopic (exact) mass is 740 g/mol. The van der Waals surface area contributed by atoms with Gasteiger partial charge in [-0.2, -0.15) is 0 Å². The maximum Gasteiger partial charge on any atom is 0.0433 e. The molecule has 11 rings (SSSR count). The van der Waals surface area contributed by atoms with Crippen LogP contribution in [0.1, 0.15) is 0 Å². The molecule has 0 radical (unpaired) electrons. The van der Waals surface area contributed by atoms with Crippen LogP contribution in [-0.4, -0.2) is 0 Å². The van der Waals surface area contributed by atoms with Gasteiger partial charge >= 0.3 is 0 Å². The lowest BCUT2D eigenvalue weighted by Gasteiger charge is -2.19. The van der Waals surface area contributed by atoms with E-state index in [1.54, 1.807) is 0 Å². The van der Waals surface area contributed by atoms with Crippen LogP contribution in [0, 0.1) is 0 Å². The molecule has 266 valence electrons. The molecule has 0 spiro atoms. The normalized spacial score (nSPS) is 11.5. The molecular weight excluding hydrogens is 705 g/mol. The molecule has 0 unspecified atom stereocenters. The Kier molecular flexibility index (Phi) is 8.12. The summed E-state index contributed by atoms with van der Waals surface area (Å²) in [6, 6.07) is 80.1. The van der Waals surface area contributed by atoms with E-state index in [0.717, 1.165) is 0 Å². The Morgan fingerprint density at radius 2 is 0.702 bits per heavy atom. The first-order valence-corrected chi connectivity index (χ1v) is 20.4. The summed E-state index contributed by atoms with van der Waals surface area (Å²) in [4.78, 5) is 1.31. The first-order chi connectivity index (χ1) is 28.3. The highest BCUT2D eigenvalue weighted by Gasteiger charge is 2.19. The van der Waals surface area contributed by atoms with E-state index in [9.17, 15) is 0 Å². The lowest BCUT2D eigenvalue weighted by molar-refractivity contribution is 1.62. The van der Waals surface area contributed by atoms with Crippen LogP contribution in [0.15, 0.2) is 218 Å². The van der Waals surface area contributed by atoms with Crippen LogP contribution < -0.4 is 0 Å². The molecule has 0 amide bonds. The van der Waals surface area contributed by atoms with E-state index in [-0.39, 0.29) is 0 Å². The summed E-state index contributed by atoms with van der Waals surface area (Å²) in [7, 11) is 0. The quantitative estimate of drug-likeness (QED) is 0.149. The minimum atomic E-state index is 1.21. The minimum absolute atomic E-state index is 1.21. The highest BCUT2D eigenvalue weighted by Crippen LogP contribution is 2.47. The second-order valence-electron chi connectivity index (χ2n) is 14.8. The SMILES string of the molecule is c1ccc(-c2sc3cc(-c4cccc(-c5c6ccccc6c(-c6cccc(-c7cccc8ccccc78)c6)c6ccccc56)c4)ccc3c2-c2ccccc2)cc1. The molecular formula is C56H36S. The van der Waals surface area contributed by atoms with Crippen molar-refractivity contribution >= 4 is 53.7 Å². The zero-order valence-corrected chi connectivity index (χ0v) is 32.0. The molecule has 57 heavy (non-hydrogen) atoms. The Morgan fingerprint density at radius 3 is 1.35 bits per heavy atom. The van der Waals surface area contributed by atoms with Crippen LogP contribution in [0.5, 0.6) is 0 Å². The first-order valence-electron chi connectivity index (χ1n) is 19.6. The van der Waals surface area contributed by atoms with Gasteiger partial charge in [0.15, 0.2) is 0 Å². The van der Waals surface area contributed by atoms with E-state index in [2.05, 4.69) is 218 Å². The van der Waals surface area contributed by atoms with Gasteiger partial charge in [-0.3, -0.25) is 0 Å². The van der Waals surface area contributed by atoms with E-state index >= 15 is 0 Å². The van der Waals surface area contributed by atoms with Gasteiger partial charge in [-0.05, 0) is 106 Å². The molecule has 11 aromatic rings. The first kappa shape index (κ1) is 33.3. The summed E-state index contributed by atoms with van der Waals surface area (Å²) < 4.78 is 1.29. The average Bonchev–Trinajstić information content (AvgIpc) is 3.68. The minimum Gasteiger partial charge on any atom is -0.135 e. The third-order valence-electron chi connectivity index (χ3n) is 11.5. The van der Waals surface area contributed by atoms with Gasteiger partial charge in [0.05, 0.1) is 0 Å². The van der Waals surface area contributed by atoms with Crippen molar-refractivity contribution in [2.75, 3.05) is 0 Å². The summed E-state index contributed by atoms with van der Waals surface area (Å²) in [5, 5.41) is 8.85. The fourth-order valence-corrected chi connectivity index (χ4v) is 10.2. The van der Waals surface area contributed by atoms with Crippen LogP contribution >= 0.6 is 11.3 Å². The Hall–Kier alpha value is -7.06. The summed E-state index contributed by atoms with van der Waals surface area (Å²) in [6.07, 6.45) is 0. The smallest absolute Gasteiger partial charge is 0.0433 e. The molecule has 0 fully saturated rings. The molecule has 1 heteroatoms. The van der Waals surface area contributed by atoms with Crippen LogP contribution in [-0.2, 0) is 0 Å².